The van der Waals surface area contributed by atoms with Gasteiger partial charge in [0.25, 0.3) is 0 Å². The summed E-state index contributed by atoms with van der Waals surface area (Å²) in [6, 6.07) is 1.52. The Kier molecular flexibility index (Phi) is 4.63. The minimum absolute atomic E-state index is 0.0816. The fourth-order valence-electron chi connectivity index (χ4n) is 1.50. The molecule has 17 heavy (non-hydrogen) atoms. The number of hydrogen-bond donors (Lipinski definition) is 0. The predicted molar refractivity (Wildman–Crippen MR) is 70.9 cm³/mol. The van der Waals surface area contributed by atoms with E-state index in [2.05, 4.69) is 4.98 Å². The SMILES string of the molecule is CCN(CC)c1cc(Cl)c(S(C)(=O)=O)c(Cl)n1. The van der Waals surface area contributed by atoms with Crippen LogP contribution in [0.4, 0.5) is 5.82 Å². The van der Waals surface area contributed by atoms with Crippen LogP contribution < -0.4 is 4.90 Å². The lowest BCUT2D eigenvalue weighted by atomic mass is 10.4. The smallest absolute Gasteiger partial charge is 0.180 e. The highest BCUT2D eigenvalue weighted by molar-refractivity contribution is 7.91. The standard InChI is InChI=1S/C10H14Cl2N2O2S/c1-4-14(5-2)8-6-7(11)9(10(12)13-8)17(3,15)16/h6H,4-5H2,1-3H3. The summed E-state index contributed by atoms with van der Waals surface area (Å²) < 4.78 is 22.9. The number of hydrogen-bond acceptors (Lipinski definition) is 4. The van der Waals surface area contributed by atoms with Gasteiger partial charge < -0.3 is 4.90 Å². The number of rotatable bonds is 4. The maximum absolute atomic E-state index is 11.5. The lowest BCUT2D eigenvalue weighted by Crippen LogP contribution is -2.23. The molecule has 1 rings (SSSR count). The minimum Gasteiger partial charge on any atom is -0.357 e. The Morgan fingerprint density at radius 1 is 1.29 bits per heavy atom. The molecule has 0 fully saturated rings. The molecule has 0 radical (unpaired) electrons. The number of nitrogens with zero attached hydrogens (tertiary/aromatic N) is 2. The van der Waals surface area contributed by atoms with Gasteiger partial charge in [0.05, 0.1) is 5.02 Å². The van der Waals surface area contributed by atoms with E-state index in [1.807, 2.05) is 18.7 Å². The van der Waals surface area contributed by atoms with Crippen LogP contribution in [0.3, 0.4) is 0 Å². The van der Waals surface area contributed by atoms with Crippen LogP contribution in [0.15, 0.2) is 11.0 Å². The van der Waals surface area contributed by atoms with Gasteiger partial charge in [-0.05, 0) is 13.8 Å². The summed E-state index contributed by atoms with van der Waals surface area (Å²) in [6.07, 6.45) is 1.05. The van der Waals surface area contributed by atoms with Crippen molar-refractivity contribution in [2.75, 3.05) is 24.2 Å². The summed E-state index contributed by atoms with van der Waals surface area (Å²) in [6.45, 7) is 5.43. The normalized spacial score (nSPS) is 11.6. The molecule has 7 heteroatoms. The van der Waals surface area contributed by atoms with Crippen molar-refractivity contribution >= 4 is 38.9 Å². The molecule has 0 saturated heterocycles. The highest BCUT2D eigenvalue weighted by Crippen LogP contribution is 2.31. The van der Waals surface area contributed by atoms with E-state index in [4.69, 9.17) is 23.2 Å². The fourth-order valence-corrected chi connectivity index (χ4v) is 3.53. The molecule has 0 aliphatic rings. The zero-order chi connectivity index (χ0) is 13.2. The molecule has 96 valence electrons. The van der Waals surface area contributed by atoms with Crippen LogP contribution in [0, 0.1) is 0 Å². The third-order valence-corrected chi connectivity index (χ3v) is 4.28. The van der Waals surface area contributed by atoms with Gasteiger partial charge in [-0.15, -0.1) is 0 Å². The van der Waals surface area contributed by atoms with Gasteiger partial charge >= 0.3 is 0 Å². The average molecular weight is 297 g/mol. The first-order chi connectivity index (χ1) is 7.81. The molecule has 1 aromatic rings. The van der Waals surface area contributed by atoms with E-state index in [9.17, 15) is 8.42 Å². The molecule has 1 aromatic heterocycles. The van der Waals surface area contributed by atoms with Crippen molar-refractivity contribution in [2.45, 2.75) is 18.7 Å². The van der Waals surface area contributed by atoms with Gasteiger partial charge in [-0.3, -0.25) is 0 Å². The fraction of sp³-hybridized carbons (Fsp3) is 0.500. The Morgan fingerprint density at radius 3 is 2.18 bits per heavy atom. The molecule has 0 bridgehead atoms. The van der Waals surface area contributed by atoms with Crippen molar-refractivity contribution in [1.29, 1.82) is 0 Å². The molecule has 1 heterocycles. The molecule has 0 aliphatic carbocycles. The molecular weight excluding hydrogens is 283 g/mol. The largest absolute Gasteiger partial charge is 0.357 e. The van der Waals surface area contributed by atoms with E-state index < -0.39 is 9.84 Å². The van der Waals surface area contributed by atoms with Gasteiger partial charge in [-0.1, -0.05) is 23.2 Å². The van der Waals surface area contributed by atoms with Gasteiger partial charge in [0.1, 0.15) is 10.7 Å². The van der Waals surface area contributed by atoms with Crippen molar-refractivity contribution in [2.24, 2.45) is 0 Å². The molecule has 0 aliphatic heterocycles. The summed E-state index contributed by atoms with van der Waals surface area (Å²) in [5.74, 6) is 0.581. The molecule has 0 aromatic carbocycles. The highest BCUT2D eigenvalue weighted by atomic mass is 35.5. The van der Waals surface area contributed by atoms with Crippen LogP contribution in [-0.2, 0) is 9.84 Å². The quantitative estimate of drug-likeness (QED) is 0.802. The van der Waals surface area contributed by atoms with Gasteiger partial charge in [-0.2, -0.15) is 0 Å². The zero-order valence-electron chi connectivity index (χ0n) is 9.87. The molecule has 4 nitrogen and oxygen atoms in total. The summed E-state index contributed by atoms with van der Waals surface area (Å²) in [5.41, 5.74) is 0. The Balaban J connectivity index is 3.37. The summed E-state index contributed by atoms with van der Waals surface area (Å²) in [5, 5.41) is 0.0244. The van der Waals surface area contributed by atoms with Crippen LogP contribution in [0.1, 0.15) is 13.8 Å². The maximum Gasteiger partial charge on any atom is 0.180 e. The molecule has 0 N–H and O–H groups in total. The van der Waals surface area contributed by atoms with Crippen molar-refractivity contribution in [1.82, 2.24) is 4.98 Å². The lowest BCUT2D eigenvalue weighted by Gasteiger charge is -2.20. The van der Waals surface area contributed by atoms with Crippen LogP contribution >= 0.6 is 23.2 Å². The van der Waals surface area contributed by atoms with E-state index >= 15 is 0 Å². The molecule has 0 saturated carbocycles. The molecular formula is C10H14Cl2N2O2S. The van der Waals surface area contributed by atoms with Gasteiger partial charge in [-0.25, -0.2) is 13.4 Å². The number of sulfone groups is 1. The Hall–Kier alpha value is -0.520. The summed E-state index contributed by atoms with van der Waals surface area (Å²) >= 11 is 11.8. The van der Waals surface area contributed by atoms with Crippen LogP contribution in [0.5, 0.6) is 0 Å². The first-order valence-corrected chi connectivity index (χ1v) is 7.77. The van der Waals surface area contributed by atoms with E-state index in [-0.39, 0.29) is 15.1 Å². The molecule has 0 unspecified atom stereocenters. The second kappa shape index (κ2) is 5.42. The Morgan fingerprint density at radius 2 is 1.82 bits per heavy atom. The van der Waals surface area contributed by atoms with E-state index in [1.54, 1.807) is 0 Å². The van der Waals surface area contributed by atoms with Crippen molar-refractivity contribution in [3.8, 4) is 0 Å². The van der Waals surface area contributed by atoms with Gasteiger partial charge in [0.2, 0.25) is 0 Å². The third kappa shape index (κ3) is 3.24. The summed E-state index contributed by atoms with van der Waals surface area (Å²) in [7, 11) is -3.46. The number of anilines is 1. The monoisotopic (exact) mass is 296 g/mol. The Labute approximate surface area is 111 Å². The number of pyridine rings is 1. The van der Waals surface area contributed by atoms with Crippen molar-refractivity contribution in [3.63, 3.8) is 0 Å². The average Bonchev–Trinajstić information content (AvgIpc) is 2.16. The van der Waals surface area contributed by atoms with E-state index in [0.29, 0.717) is 5.82 Å². The number of halogens is 2. The van der Waals surface area contributed by atoms with Crippen molar-refractivity contribution in [3.05, 3.63) is 16.2 Å². The number of aromatic nitrogens is 1. The van der Waals surface area contributed by atoms with E-state index in [1.165, 1.54) is 6.07 Å². The van der Waals surface area contributed by atoms with Crippen LogP contribution in [0.25, 0.3) is 0 Å². The maximum atomic E-state index is 11.5. The topological polar surface area (TPSA) is 50.3 Å². The second-order valence-corrected chi connectivity index (χ2v) is 6.24. The van der Waals surface area contributed by atoms with Gasteiger partial charge in [0.15, 0.2) is 15.0 Å². The predicted octanol–water partition coefficient (Wildman–Crippen LogP) is 2.64. The first-order valence-electron chi connectivity index (χ1n) is 5.12. The van der Waals surface area contributed by atoms with E-state index in [0.717, 1.165) is 19.3 Å². The zero-order valence-corrected chi connectivity index (χ0v) is 12.2. The minimum atomic E-state index is -3.46. The highest BCUT2D eigenvalue weighted by Gasteiger charge is 2.20. The molecule has 0 spiro atoms. The van der Waals surface area contributed by atoms with Crippen LogP contribution in [0.2, 0.25) is 10.2 Å². The first kappa shape index (κ1) is 14.5. The van der Waals surface area contributed by atoms with Crippen LogP contribution in [-0.4, -0.2) is 32.7 Å². The van der Waals surface area contributed by atoms with Gasteiger partial charge in [0, 0.05) is 25.4 Å². The second-order valence-electron chi connectivity index (χ2n) is 3.53. The van der Waals surface area contributed by atoms with Crippen molar-refractivity contribution < 1.29 is 8.42 Å². The molecule has 0 amide bonds. The molecule has 0 atom stereocenters. The Bertz CT molecular complexity index is 490. The lowest BCUT2D eigenvalue weighted by molar-refractivity contribution is 0.601. The third-order valence-electron chi connectivity index (χ3n) is 2.33. The summed E-state index contributed by atoms with van der Waals surface area (Å²) in [4.78, 5) is 5.89.